The van der Waals surface area contributed by atoms with Gasteiger partial charge in [0, 0.05) is 22.2 Å². The highest BCUT2D eigenvalue weighted by atomic mass is 35.5. The highest BCUT2D eigenvalue weighted by Crippen LogP contribution is 2.35. The largest absolute Gasteiger partial charge is 0.488 e. The lowest BCUT2D eigenvalue weighted by molar-refractivity contribution is -0.384. The van der Waals surface area contributed by atoms with Gasteiger partial charge in [-0.15, -0.1) is 0 Å². The average Bonchev–Trinajstić information content (AvgIpc) is 2.73. The van der Waals surface area contributed by atoms with E-state index in [-0.39, 0.29) is 12.3 Å². The van der Waals surface area contributed by atoms with E-state index < -0.39 is 22.4 Å². The molecule has 31 heavy (non-hydrogen) atoms. The van der Waals surface area contributed by atoms with Crippen molar-refractivity contribution in [3.8, 4) is 5.75 Å². The molecule has 0 fully saturated rings. The first-order chi connectivity index (χ1) is 14.8. The Kier molecular flexibility index (Phi) is 6.76. The van der Waals surface area contributed by atoms with E-state index in [1.54, 1.807) is 36.4 Å². The normalized spacial score (nSPS) is 11.5. The highest BCUT2D eigenvalue weighted by Gasteiger charge is 2.33. The van der Waals surface area contributed by atoms with Gasteiger partial charge in [-0.2, -0.15) is 18.3 Å². The number of nitro benzene ring substituents is 1. The van der Waals surface area contributed by atoms with E-state index in [1.165, 1.54) is 6.21 Å². The molecule has 0 spiro atoms. The van der Waals surface area contributed by atoms with Gasteiger partial charge in [0.2, 0.25) is 0 Å². The molecule has 0 atom stereocenters. The topological polar surface area (TPSA) is 76.8 Å². The molecule has 10 heteroatoms. The molecule has 0 unspecified atom stereocenters. The highest BCUT2D eigenvalue weighted by molar-refractivity contribution is 6.31. The predicted octanol–water partition coefficient (Wildman–Crippen LogP) is 6.29. The smallest absolute Gasteiger partial charge is 0.416 e. The number of para-hydroxylation sites is 1. The van der Waals surface area contributed by atoms with Crippen LogP contribution in [-0.2, 0) is 12.8 Å². The third-order valence-corrected chi connectivity index (χ3v) is 4.54. The fourth-order valence-electron chi connectivity index (χ4n) is 2.61. The number of rotatable bonds is 7. The Bertz CT molecular complexity index is 1120. The van der Waals surface area contributed by atoms with Gasteiger partial charge in [0.25, 0.3) is 5.69 Å². The van der Waals surface area contributed by atoms with Crippen molar-refractivity contribution in [2.24, 2.45) is 5.10 Å². The number of nitrogens with one attached hydrogen (secondary N) is 1. The number of nitrogens with zero attached hydrogens (tertiary/aromatic N) is 2. The Hall–Kier alpha value is -3.59. The summed E-state index contributed by atoms with van der Waals surface area (Å²) in [5.74, 6) is 0.481. The monoisotopic (exact) mass is 449 g/mol. The molecule has 0 aromatic heterocycles. The Morgan fingerprint density at radius 3 is 2.52 bits per heavy atom. The lowest BCUT2D eigenvalue weighted by Gasteiger charge is -2.10. The SMILES string of the molecule is O=[N+]([O-])c1cc(C(F)(F)F)ccc1N/N=C\c1ccccc1OCc1ccccc1Cl. The van der Waals surface area contributed by atoms with Crippen LogP contribution < -0.4 is 10.2 Å². The van der Waals surface area contributed by atoms with Crippen molar-refractivity contribution in [1.82, 2.24) is 0 Å². The minimum Gasteiger partial charge on any atom is -0.488 e. The summed E-state index contributed by atoms with van der Waals surface area (Å²) < 4.78 is 44.2. The van der Waals surface area contributed by atoms with Crippen LogP contribution in [0, 0.1) is 10.1 Å². The molecule has 0 aliphatic rings. The van der Waals surface area contributed by atoms with Crippen LogP contribution in [0.3, 0.4) is 0 Å². The fourth-order valence-corrected chi connectivity index (χ4v) is 2.80. The molecule has 160 valence electrons. The number of halogens is 4. The van der Waals surface area contributed by atoms with Gasteiger partial charge < -0.3 is 4.74 Å². The predicted molar refractivity (Wildman–Crippen MR) is 112 cm³/mol. The van der Waals surface area contributed by atoms with Crippen molar-refractivity contribution in [2.45, 2.75) is 12.8 Å². The van der Waals surface area contributed by atoms with Crippen LogP contribution in [0.15, 0.2) is 71.8 Å². The van der Waals surface area contributed by atoms with Crippen LogP contribution >= 0.6 is 11.6 Å². The Morgan fingerprint density at radius 1 is 1.10 bits per heavy atom. The molecule has 0 saturated heterocycles. The Balaban J connectivity index is 1.76. The fraction of sp³-hybridized carbons (Fsp3) is 0.0952. The summed E-state index contributed by atoms with van der Waals surface area (Å²) >= 11 is 6.12. The molecule has 0 saturated carbocycles. The first-order valence-electron chi connectivity index (χ1n) is 8.85. The zero-order valence-electron chi connectivity index (χ0n) is 15.8. The minimum atomic E-state index is -4.69. The van der Waals surface area contributed by atoms with Crippen LogP contribution in [0.4, 0.5) is 24.5 Å². The quantitative estimate of drug-likeness (QED) is 0.261. The number of anilines is 1. The summed E-state index contributed by atoms with van der Waals surface area (Å²) in [6.07, 6.45) is -3.34. The lowest BCUT2D eigenvalue weighted by atomic mass is 10.1. The molecule has 0 aliphatic heterocycles. The van der Waals surface area contributed by atoms with Gasteiger partial charge in [0.15, 0.2) is 0 Å². The number of hydrogen-bond acceptors (Lipinski definition) is 5. The molecule has 0 aliphatic carbocycles. The van der Waals surface area contributed by atoms with Crippen molar-refractivity contribution in [2.75, 3.05) is 5.43 Å². The third-order valence-electron chi connectivity index (χ3n) is 4.17. The summed E-state index contributed by atoms with van der Waals surface area (Å²) in [5.41, 5.74) is 1.72. The molecule has 0 bridgehead atoms. The first kappa shape index (κ1) is 22.1. The second-order valence-electron chi connectivity index (χ2n) is 6.27. The molecule has 0 amide bonds. The number of alkyl halides is 3. The van der Waals surface area contributed by atoms with Gasteiger partial charge in [-0.05, 0) is 30.3 Å². The van der Waals surface area contributed by atoms with E-state index in [0.29, 0.717) is 22.4 Å². The zero-order valence-corrected chi connectivity index (χ0v) is 16.5. The third kappa shape index (κ3) is 5.73. The Labute approximate surface area is 180 Å². The van der Waals surface area contributed by atoms with Gasteiger partial charge >= 0.3 is 6.18 Å². The van der Waals surface area contributed by atoms with E-state index in [4.69, 9.17) is 16.3 Å². The number of ether oxygens (including phenoxy) is 1. The van der Waals surface area contributed by atoms with Crippen molar-refractivity contribution in [3.05, 3.63) is 98.6 Å². The molecule has 3 aromatic rings. The van der Waals surface area contributed by atoms with Crippen molar-refractivity contribution in [3.63, 3.8) is 0 Å². The van der Waals surface area contributed by atoms with Crippen molar-refractivity contribution < 1.29 is 22.8 Å². The molecular formula is C21H15ClF3N3O3. The van der Waals surface area contributed by atoms with E-state index >= 15 is 0 Å². The molecule has 0 radical (unpaired) electrons. The van der Waals surface area contributed by atoms with E-state index in [9.17, 15) is 23.3 Å². The standard InChI is InChI=1S/C21H15ClF3N3O3/c22-17-7-3-1-6-15(17)13-31-20-8-4-2-5-14(20)12-26-27-18-10-9-16(21(23,24)25)11-19(18)28(29)30/h1-12,27H,13H2/b26-12-. The summed E-state index contributed by atoms with van der Waals surface area (Å²) in [4.78, 5) is 10.2. The van der Waals surface area contributed by atoms with Gasteiger partial charge in [-0.3, -0.25) is 15.5 Å². The van der Waals surface area contributed by atoms with Crippen LogP contribution in [0.1, 0.15) is 16.7 Å². The number of benzene rings is 3. The van der Waals surface area contributed by atoms with Gasteiger partial charge in [0.1, 0.15) is 18.0 Å². The molecule has 0 heterocycles. The van der Waals surface area contributed by atoms with Crippen LogP contribution in [0.5, 0.6) is 5.75 Å². The van der Waals surface area contributed by atoms with Crippen LogP contribution in [-0.4, -0.2) is 11.1 Å². The molecule has 6 nitrogen and oxygen atoms in total. The zero-order chi connectivity index (χ0) is 22.4. The number of hydrogen-bond donors (Lipinski definition) is 1. The van der Waals surface area contributed by atoms with E-state index in [0.717, 1.165) is 17.7 Å². The number of hydrazone groups is 1. The first-order valence-corrected chi connectivity index (χ1v) is 9.23. The summed E-state index contributed by atoms with van der Waals surface area (Å²) in [6, 6.07) is 16.3. The maximum absolute atomic E-state index is 12.8. The summed E-state index contributed by atoms with van der Waals surface area (Å²) in [6.45, 7) is 0.211. The maximum atomic E-state index is 12.8. The van der Waals surface area contributed by atoms with E-state index in [2.05, 4.69) is 10.5 Å². The number of nitro groups is 1. The second-order valence-corrected chi connectivity index (χ2v) is 6.68. The summed E-state index contributed by atoms with van der Waals surface area (Å²) in [7, 11) is 0. The van der Waals surface area contributed by atoms with Gasteiger partial charge in [0.05, 0.1) is 16.7 Å². The van der Waals surface area contributed by atoms with Gasteiger partial charge in [-0.1, -0.05) is 41.9 Å². The van der Waals surface area contributed by atoms with E-state index in [1.807, 2.05) is 12.1 Å². The lowest BCUT2D eigenvalue weighted by Crippen LogP contribution is -2.06. The van der Waals surface area contributed by atoms with Crippen LogP contribution in [0.25, 0.3) is 0 Å². The second kappa shape index (κ2) is 9.48. The van der Waals surface area contributed by atoms with Crippen molar-refractivity contribution in [1.29, 1.82) is 0 Å². The average molecular weight is 450 g/mol. The summed E-state index contributed by atoms with van der Waals surface area (Å²) in [5, 5.41) is 15.6. The maximum Gasteiger partial charge on any atom is 0.416 e. The Morgan fingerprint density at radius 2 is 1.81 bits per heavy atom. The molecule has 3 aromatic carbocycles. The molecular weight excluding hydrogens is 435 g/mol. The minimum absolute atomic E-state index is 0.177. The molecule has 3 rings (SSSR count). The van der Waals surface area contributed by atoms with Crippen molar-refractivity contribution >= 4 is 29.2 Å². The van der Waals surface area contributed by atoms with Gasteiger partial charge in [-0.25, -0.2) is 0 Å². The molecule has 1 N–H and O–H groups in total. The van der Waals surface area contributed by atoms with Crippen LogP contribution in [0.2, 0.25) is 5.02 Å².